The molecule has 1 unspecified atom stereocenters. The molecule has 1 aliphatic rings. The molecule has 31 heavy (non-hydrogen) atoms. The predicted molar refractivity (Wildman–Crippen MR) is 126 cm³/mol. The summed E-state index contributed by atoms with van der Waals surface area (Å²) in [5.41, 5.74) is 1.94. The van der Waals surface area contributed by atoms with Crippen LogP contribution in [0.1, 0.15) is 42.3 Å². The summed E-state index contributed by atoms with van der Waals surface area (Å²) in [5.74, 6) is -0.292. The minimum atomic E-state index is -0.290. The third kappa shape index (κ3) is 5.61. The summed E-state index contributed by atoms with van der Waals surface area (Å²) < 4.78 is 5.12. The summed E-state index contributed by atoms with van der Waals surface area (Å²) in [6.45, 7) is 5.36. The second-order valence-electron chi connectivity index (χ2n) is 7.97. The van der Waals surface area contributed by atoms with Crippen LogP contribution in [-0.4, -0.2) is 55.0 Å². The normalized spacial score (nSPS) is 15.8. The molecule has 2 amide bonds. The Kier molecular flexibility index (Phi) is 8.39. The molecule has 0 radical (unpaired) electrons. The van der Waals surface area contributed by atoms with E-state index in [-0.39, 0.29) is 30.3 Å². The molecule has 0 saturated heterocycles. The van der Waals surface area contributed by atoms with Crippen LogP contribution in [0.4, 0.5) is 0 Å². The van der Waals surface area contributed by atoms with Gasteiger partial charge in [0.1, 0.15) is 0 Å². The van der Waals surface area contributed by atoms with E-state index < -0.39 is 0 Å². The highest BCUT2D eigenvalue weighted by Crippen LogP contribution is 2.41. The maximum absolute atomic E-state index is 13.5. The first kappa shape index (κ1) is 24.1. The second kappa shape index (κ2) is 10.8. The average Bonchev–Trinajstić information content (AvgIpc) is 3.21. The minimum absolute atomic E-state index is 0.0289. The van der Waals surface area contributed by atoms with Gasteiger partial charge in [0.15, 0.2) is 0 Å². The van der Waals surface area contributed by atoms with Crippen LogP contribution in [0.5, 0.6) is 0 Å². The fourth-order valence-electron chi connectivity index (χ4n) is 3.93. The number of thiophene rings is 1. The zero-order chi connectivity index (χ0) is 22.5. The van der Waals surface area contributed by atoms with Crippen LogP contribution in [0.2, 0.25) is 10.0 Å². The summed E-state index contributed by atoms with van der Waals surface area (Å²) in [6.07, 6.45) is 1.48. The first-order valence-electron chi connectivity index (χ1n) is 10.4. The van der Waals surface area contributed by atoms with Crippen LogP contribution in [-0.2, 0) is 20.7 Å². The summed E-state index contributed by atoms with van der Waals surface area (Å²) in [6, 6.07) is 7.16. The quantitative estimate of drug-likeness (QED) is 0.494. The molecule has 0 spiro atoms. The Bertz CT molecular complexity index is 931. The number of benzene rings is 1. The molecule has 1 aromatic heterocycles. The number of amides is 2. The van der Waals surface area contributed by atoms with E-state index in [4.69, 9.17) is 27.9 Å². The van der Waals surface area contributed by atoms with Crippen molar-refractivity contribution in [1.29, 1.82) is 0 Å². The van der Waals surface area contributed by atoms with Crippen LogP contribution in [0.15, 0.2) is 29.6 Å². The molecule has 8 heteroatoms. The van der Waals surface area contributed by atoms with Crippen LogP contribution >= 0.6 is 34.5 Å². The minimum Gasteiger partial charge on any atom is -0.385 e. The molecule has 1 aromatic carbocycles. The van der Waals surface area contributed by atoms with Gasteiger partial charge in [-0.05, 0) is 47.5 Å². The number of halogens is 2. The van der Waals surface area contributed by atoms with E-state index >= 15 is 0 Å². The zero-order valence-electron chi connectivity index (χ0n) is 18.1. The fraction of sp³-hybridized carbons (Fsp3) is 0.478. The van der Waals surface area contributed by atoms with E-state index in [0.29, 0.717) is 36.2 Å². The lowest BCUT2D eigenvalue weighted by Gasteiger charge is -2.38. The van der Waals surface area contributed by atoms with Crippen molar-refractivity contribution in [3.05, 3.63) is 55.7 Å². The van der Waals surface area contributed by atoms with Gasteiger partial charge in [0.05, 0.1) is 12.6 Å². The first-order valence-corrected chi connectivity index (χ1v) is 12.1. The Labute approximate surface area is 197 Å². The smallest absolute Gasteiger partial charge is 0.242 e. The van der Waals surface area contributed by atoms with Crippen molar-refractivity contribution >= 4 is 46.4 Å². The fourth-order valence-corrected chi connectivity index (χ4v) is 5.35. The third-order valence-electron chi connectivity index (χ3n) is 5.45. The Hall–Kier alpha value is -1.60. The molecule has 2 aromatic rings. The molecule has 168 valence electrons. The lowest BCUT2D eigenvalue weighted by Crippen LogP contribution is -2.48. The first-order chi connectivity index (χ1) is 14.8. The number of hydrogen-bond donors (Lipinski definition) is 0. The van der Waals surface area contributed by atoms with E-state index in [2.05, 4.69) is 11.4 Å². The molecule has 3 rings (SSSR count). The van der Waals surface area contributed by atoms with Gasteiger partial charge in [0.2, 0.25) is 11.8 Å². The number of nitrogens with zero attached hydrogens (tertiary/aromatic N) is 2. The summed E-state index contributed by atoms with van der Waals surface area (Å²) in [5, 5.41) is 3.14. The zero-order valence-corrected chi connectivity index (χ0v) is 20.4. The number of ether oxygens (including phenoxy) is 1. The van der Waals surface area contributed by atoms with E-state index in [1.165, 1.54) is 4.88 Å². The monoisotopic (exact) mass is 482 g/mol. The molecular weight excluding hydrogens is 455 g/mol. The van der Waals surface area contributed by atoms with Crippen molar-refractivity contribution in [3.63, 3.8) is 0 Å². The van der Waals surface area contributed by atoms with Crippen LogP contribution in [0, 0.1) is 5.92 Å². The van der Waals surface area contributed by atoms with Crippen molar-refractivity contribution in [2.75, 3.05) is 33.4 Å². The van der Waals surface area contributed by atoms with Crippen LogP contribution in [0.3, 0.4) is 0 Å². The maximum atomic E-state index is 13.5. The van der Waals surface area contributed by atoms with Crippen LogP contribution < -0.4 is 0 Å². The molecular formula is C23H28Cl2N2O3S. The highest BCUT2D eigenvalue weighted by atomic mass is 35.5. The van der Waals surface area contributed by atoms with E-state index in [1.54, 1.807) is 35.5 Å². The molecule has 5 nitrogen and oxygen atoms in total. The standard InChI is InChI=1S/C23H28Cl2N2O3S/c1-15(2)23(29)26(9-4-11-30-3)14-21(28)27-10-7-20-18(8-12-31-20)22(27)17-6-5-16(24)13-19(17)25/h5-6,8,12-13,15,22H,4,7,9-11,14H2,1-3H3. The lowest BCUT2D eigenvalue weighted by molar-refractivity contribution is -0.143. The summed E-state index contributed by atoms with van der Waals surface area (Å²) in [4.78, 5) is 31.0. The number of carbonyl (C=O) groups excluding carboxylic acids is 2. The third-order valence-corrected chi connectivity index (χ3v) is 7.01. The average molecular weight is 483 g/mol. The molecule has 1 aliphatic heterocycles. The van der Waals surface area contributed by atoms with E-state index in [1.807, 2.05) is 24.8 Å². The van der Waals surface area contributed by atoms with Crippen LogP contribution in [0.25, 0.3) is 0 Å². The summed E-state index contributed by atoms with van der Waals surface area (Å²) >= 11 is 14.4. The molecule has 0 N–H and O–H groups in total. The van der Waals surface area contributed by atoms with Crippen molar-refractivity contribution in [3.8, 4) is 0 Å². The molecule has 0 aliphatic carbocycles. The Morgan fingerprint density at radius 2 is 2.03 bits per heavy atom. The largest absolute Gasteiger partial charge is 0.385 e. The van der Waals surface area contributed by atoms with Crippen molar-refractivity contribution in [1.82, 2.24) is 9.80 Å². The molecule has 2 heterocycles. The SMILES string of the molecule is COCCCN(CC(=O)N1CCc2sccc2C1c1ccc(Cl)cc1Cl)C(=O)C(C)C. The van der Waals surface area contributed by atoms with Crippen molar-refractivity contribution < 1.29 is 14.3 Å². The topological polar surface area (TPSA) is 49.9 Å². The number of methoxy groups -OCH3 is 1. The molecule has 0 saturated carbocycles. The van der Waals surface area contributed by atoms with Gasteiger partial charge >= 0.3 is 0 Å². The number of fused-ring (bicyclic) bond motifs is 1. The highest BCUT2D eigenvalue weighted by Gasteiger charge is 2.35. The van der Waals surface area contributed by atoms with Gasteiger partial charge in [0.25, 0.3) is 0 Å². The summed E-state index contributed by atoms with van der Waals surface area (Å²) in [7, 11) is 1.63. The van der Waals surface area contributed by atoms with E-state index in [0.717, 1.165) is 17.5 Å². The predicted octanol–water partition coefficient (Wildman–Crippen LogP) is 5.05. The molecule has 0 fully saturated rings. The number of hydrogen-bond acceptors (Lipinski definition) is 4. The van der Waals surface area contributed by atoms with Gasteiger partial charge in [-0.3, -0.25) is 9.59 Å². The number of rotatable bonds is 8. The number of carbonyl (C=O) groups is 2. The van der Waals surface area contributed by atoms with Gasteiger partial charge < -0.3 is 14.5 Å². The molecule has 1 atom stereocenters. The van der Waals surface area contributed by atoms with Gasteiger partial charge in [-0.2, -0.15) is 0 Å². The van der Waals surface area contributed by atoms with Gasteiger partial charge in [0, 0.05) is 47.6 Å². The highest BCUT2D eigenvalue weighted by molar-refractivity contribution is 7.10. The Morgan fingerprint density at radius 1 is 1.26 bits per heavy atom. The Morgan fingerprint density at radius 3 is 2.71 bits per heavy atom. The van der Waals surface area contributed by atoms with Crippen molar-refractivity contribution in [2.24, 2.45) is 5.92 Å². The Balaban J connectivity index is 1.89. The lowest BCUT2D eigenvalue weighted by atomic mass is 9.93. The van der Waals surface area contributed by atoms with Gasteiger partial charge in [-0.1, -0.05) is 43.1 Å². The van der Waals surface area contributed by atoms with E-state index in [9.17, 15) is 9.59 Å². The maximum Gasteiger partial charge on any atom is 0.242 e. The van der Waals surface area contributed by atoms with Gasteiger partial charge in [-0.15, -0.1) is 11.3 Å². The van der Waals surface area contributed by atoms with Crippen molar-refractivity contribution in [2.45, 2.75) is 32.7 Å². The molecule has 0 bridgehead atoms. The van der Waals surface area contributed by atoms with Gasteiger partial charge in [-0.25, -0.2) is 0 Å². The second-order valence-corrected chi connectivity index (χ2v) is 9.81.